The van der Waals surface area contributed by atoms with Crippen molar-refractivity contribution >= 4 is 11.9 Å². The van der Waals surface area contributed by atoms with E-state index >= 15 is 0 Å². The molecule has 0 radical (unpaired) electrons. The maximum Gasteiger partial charge on any atom is 0.306 e. The van der Waals surface area contributed by atoms with Crippen molar-refractivity contribution in [3.63, 3.8) is 0 Å². The quantitative estimate of drug-likeness (QED) is 0.0281. The van der Waals surface area contributed by atoms with E-state index in [4.69, 9.17) is 18.9 Å². The Morgan fingerprint density at radius 1 is 0.585 bits per heavy atom. The van der Waals surface area contributed by atoms with Crippen LogP contribution < -0.4 is 0 Å². The zero-order chi connectivity index (χ0) is 38.8. The molecular weight excluding hydrogens is 676 g/mol. The predicted molar refractivity (Wildman–Crippen MR) is 210 cm³/mol. The number of carbonyl (C=O) groups is 2. The van der Waals surface area contributed by atoms with E-state index < -0.39 is 55.4 Å². The topological polar surface area (TPSA) is 152 Å². The molecule has 0 amide bonds. The van der Waals surface area contributed by atoms with Gasteiger partial charge in [-0.15, -0.1) is 0 Å². The first-order chi connectivity index (χ1) is 25.8. The first-order valence-electron chi connectivity index (χ1n) is 21.4. The molecule has 1 aliphatic heterocycles. The van der Waals surface area contributed by atoms with Crippen molar-refractivity contribution in [1.29, 1.82) is 0 Å². The summed E-state index contributed by atoms with van der Waals surface area (Å²) in [6.07, 6.45) is 29.1. The zero-order valence-electron chi connectivity index (χ0n) is 33.5. The Morgan fingerprint density at radius 3 is 1.62 bits per heavy atom. The van der Waals surface area contributed by atoms with Crippen LogP contribution >= 0.6 is 0 Å². The maximum atomic E-state index is 12.7. The lowest BCUT2D eigenvalue weighted by molar-refractivity contribution is -0.305. The summed E-state index contributed by atoms with van der Waals surface area (Å²) in [5.41, 5.74) is 0. The molecule has 2 unspecified atom stereocenters. The van der Waals surface area contributed by atoms with Crippen molar-refractivity contribution < 1.29 is 49.0 Å². The fraction of sp³-hybridized carbons (Fsp3) is 0.860. The minimum atomic E-state index is -1.60. The van der Waals surface area contributed by atoms with Crippen molar-refractivity contribution in [2.24, 2.45) is 0 Å². The molecule has 0 aromatic heterocycles. The number of aliphatic hydroxyl groups excluding tert-OH is 4. The van der Waals surface area contributed by atoms with Crippen LogP contribution in [0.4, 0.5) is 0 Å². The van der Waals surface area contributed by atoms with E-state index in [-0.39, 0.29) is 26.1 Å². The minimum Gasteiger partial charge on any atom is -0.462 e. The van der Waals surface area contributed by atoms with Gasteiger partial charge in [-0.1, -0.05) is 154 Å². The first kappa shape index (κ1) is 49.2. The molecule has 1 saturated heterocycles. The van der Waals surface area contributed by atoms with E-state index in [9.17, 15) is 30.0 Å². The van der Waals surface area contributed by atoms with Crippen molar-refractivity contribution in [3.8, 4) is 0 Å². The number of allylic oxidation sites excluding steroid dienone is 4. The van der Waals surface area contributed by atoms with E-state index in [1.165, 1.54) is 103 Å². The number of ether oxygens (including phenoxy) is 4. The van der Waals surface area contributed by atoms with Crippen molar-refractivity contribution in [2.45, 2.75) is 218 Å². The van der Waals surface area contributed by atoms with E-state index in [1.54, 1.807) is 0 Å². The molecule has 0 saturated carbocycles. The van der Waals surface area contributed by atoms with Gasteiger partial charge in [0.25, 0.3) is 0 Å². The average Bonchev–Trinajstić information content (AvgIpc) is 3.15. The Hall–Kier alpha value is -1.82. The number of hydrogen-bond acceptors (Lipinski definition) is 10. The molecule has 10 nitrogen and oxygen atoms in total. The lowest BCUT2D eigenvalue weighted by Crippen LogP contribution is -2.59. The minimum absolute atomic E-state index is 0.214. The molecule has 0 bridgehead atoms. The molecular formula is C43H78O10. The van der Waals surface area contributed by atoms with E-state index in [0.29, 0.717) is 12.8 Å². The van der Waals surface area contributed by atoms with Crippen LogP contribution in [0.1, 0.15) is 181 Å². The van der Waals surface area contributed by atoms with Crippen LogP contribution in [0, 0.1) is 0 Å². The SMILES string of the molecule is CCCCCCCCCCC/C=C/C/C=C/CCCC(=O)OC[C@@H](CO[C@H]1O[C@@H](CO)[C@@H](O)C(O)C1O)OC(=O)CCCCCCCCCCCCC. The fourth-order valence-electron chi connectivity index (χ4n) is 6.40. The highest BCUT2D eigenvalue weighted by Gasteiger charge is 2.44. The predicted octanol–water partition coefficient (Wildman–Crippen LogP) is 8.55. The van der Waals surface area contributed by atoms with Gasteiger partial charge in [-0.2, -0.15) is 0 Å². The number of esters is 2. The maximum absolute atomic E-state index is 12.7. The van der Waals surface area contributed by atoms with Gasteiger partial charge in [-0.25, -0.2) is 0 Å². The lowest BCUT2D eigenvalue weighted by Gasteiger charge is -2.39. The Kier molecular flexibility index (Phi) is 32.2. The standard InChI is InChI=1S/C43H78O10/c1-3-5-7-9-11-13-15-16-17-18-19-20-22-23-25-27-29-31-38(45)50-34-36(35-51-43-42(49)41(48)40(47)37(33-44)53-43)52-39(46)32-30-28-26-24-21-14-12-10-8-6-4-2/h19-20,23,25,36-37,40-44,47-49H,3-18,21-22,24,26-35H2,1-2H3/b20-19+,25-23+/t36-,37-,40+,41?,42?,43-/m0/s1. The first-order valence-corrected chi connectivity index (χ1v) is 21.4. The molecule has 10 heteroatoms. The summed E-state index contributed by atoms with van der Waals surface area (Å²) in [5, 5.41) is 40.0. The molecule has 0 aromatic carbocycles. The van der Waals surface area contributed by atoms with Crippen LogP contribution in [0.2, 0.25) is 0 Å². The largest absolute Gasteiger partial charge is 0.462 e. The third-order valence-electron chi connectivity index (χ3n) is 9.84. The monoisotopic (exact) mass is 755 g/mol. The smallest absolute Gasteiger partial charge is 0.306 e. The van der Waals surface area contributed by atoms with Crippen LogP contribution in [0.3, 0.4) is 0 Å². The third kappa shape index (κ3) is 26.6. The molecule has 1 fully saturated rings. The summed E-state index contributed by atoms with van der Waals surface area (Å²) in [6.45, 7) is 3.37. The van der Waals surface area contributed by atoms with Crippen molar-refractivity contribution in [1.82, 2.24) is 0 Å². The molecule has 0 aliphatic carbocycles. The lowest BCUT2D eigenvalue weighted by atomic mass is 9.99. The second-order valence-electron chi connectivity index (χ2n) is 14.8. The van der Waals surface area contributed by atoms with Crippen LogP contribution in [0.25, 0.3) is 0 Å². The summed E-state index contributed by atoms with van der Waals surface area (Å²) in [4.78, 5) is 25.2. The summed E-state index contributed by atoms with van der Waals surface area (Å²) < 4.78 is 22.0. The highest BCUT2D eigenvalue weighted by atomic mass is 16.7. The third-order valence-corrected chi connectivity index (χ3v) is 9.84. The Bertz CT molecular complexity index is 923. The molecule has 0 aromatic rings. The molecule has 1 heterocycles. The summed E-state index contributed by atoms with van der Waals surface area (Å²) in [7, 11) is 0. The Morgan fingerprint density at radius 2 is 1.08 bits per heavy atom. The number of hydrogen-bond donors (Lipinski definition) is 4. The molecule has 0 spiro atoms. The van der Waals surface area contributed by atoms with Gasteiger partial charge in [0.2, 0.25) is 0 Å². The number of rotatable bonds is 35. The highest BCUT2D eigenvalue weighted by molar-refractivity contribution is 5.70. The van der Waals surface area contributed by atoms with Gasteiger partial charge in [0.1, 0.15) is 31.0 Å². The van der Waals surface area contributed by atoms with E-state index in [1.807, 2.05) is 0 Å². The molecule has 6 atom stereocenters. The van der Waals surface area contributed by atoms with Crippen LogP contribution in [-0.2, 0) is 28.5 Å². The molecule has 53 heavy (non-hydrogen) atoms. The summed E-state index contributed by atoms with van der Waals surface area (Å²) in [6, 6.07) is 0. The van der Waals surface area contributed by atoms with E-state index in [2.05, 4.69) is 38.2 Å². The summed E-state index contributed by atoms with van der Waals surface area (Å²) >= 11 is 0. The Labute approximate surface area is 322 Å². The number of aliphatic hydroxyl groups is 4. The van der Waals surface area contributed by atoms with Gasteiger partial charge < -0.3 is 39.4 Å². The molecule has 4 N–H and O–H groups in total. The number of unbranched alkanes of at least 4 members (excludes halogenated alkanes) is 20. The van der Waals surface area contributed by atoms with Gasteiger partial charge >= 0.3 is 11.9 Å². The Balaban J connectivity index is 2.37. The molecule has 1 aliphatic rings. The van der Waals surface area contributed by atoms with Gasteiger partial charge in [0.05, 0.1) is 13.2 Å². The zero-order valence-corrected chi connectivity index (χ0v) is 33.5. The van der Waals surface area contributed by atoms with Crippen molar-refractivity contribution in [2.75, 3.05) is 19.8 Å². The average molecular weight is 755 g/mol. The van der Waals surface area contributed by atoms with Crippen LogP contribution in [0.5, 0.6) is 0 Å². The molecule has 1 rings (SSSR count). The van der Waals surface area contributed by atoms with Gasteiger partial charge in [-0.3, -0.25) is 9.59 Å². The second-order valence-corrected chi connectivity index (χ2v) is 14.8. The van der Waals surface area contributed by atoms with Gasteiger partial charge in [0, 0.05) is 12.8 Å². The van der Waals surface area contributed by atoms with Gasteiger partial charge in [0.15, 0.2) is 12.4 Å². The summed E-state index contributed by atoms with van der Waals surface area (Å²) in [5.74, 6) is -0.856. The number of carbonyl (C=O) groups excluding carboxylic acids is 2. The van der Waals surface area contributed by atoms with Crippen LogP contribution in [0.15, 0.2) is 24.3 Å². The van der Waals surface area contributed by atoms with E-state index in [0.717, 1.165) is 38.5 Å². The normalized spacial score (nSPS) is 21.1. The highest BCUT2D eigenvalue weighted by Crippen LogP contribution is 2.22. The molecule has 310 valence electrons. The fourth-order valence-corrected chi connectivity index (χ4v) is 6.40. The second kappa shape index (κ2) is 34.7. The van der Waals surface area contributed by atoms with Gasteiger partial charge in [-0.05, 0) is 38.5 Å². The van der Waals surface area contributed by atoms with Crippen LogP contribution in [-0.4, -0.2) is 89.0 Å². The van der Waals surface area contributed by atoms with Crippen molar-refractivity contribution in [3.05, 3.63) is 24.3 Å².